The van der Waals surface area contributed by atoms with E-state index in [9.17, 15) is 0 Å². The Bertz CT molecular complexity index is 1220. The van der Waals surface area contributed by atoms with E-state index < -0.39 is 0 Å². The lowest BCUT2D eigenvalue weighted by molar-refractivity contribution is 0.349. The van der Waals surface area contributed by atoms with Crippen LogP contribution in [0.25, 0.3) is 10.9 Å². The summed E-state index contributed by atoms with van der Waals surface area (Å²) in [5.41, 5.74) is 6.12. The van der Waals surface area contributed by atoms with E-state index in [1.54, 1.807) is 26.0 Å². The smallest absolute Gasteiger partial charge is 0.164 e. The van der Waals surface area contributed by atoms with Crippen molar-refractivity contribution >= 4 is 22.7 Å². The van der Waals surface area contributed by atoms with Gasteiger partial charge in [0.2, 0.25) is 0 Å². The monoisotopic (exact) mass is 430 g/mol. The average Bonchev–Trinajstić information content (AvgIpc) is 3.23. The van der Waals surface area contributed by atoms with Gasteiger partial charge in [0, 0.05) is 39.5 Å². The lowest BCUT2D eigenvalue weighted by Gasteiger charge is -2.32. The number of nitrogens with one attached hydrogen (secondary N) is 2. The molecule has 2 N–H and O–H groups in total. The lowest BCUT2D eigenvalue weighted by Crippen LogP contribution is -2.34. The van der Waals surface area contributed by atoms with Gasteiger partial charge in [-0.05, 0) is 41.6 Å². The number of para-hydroxylation sites is 2. The van der Waals surface area contributed by atoms with Crippen molar-refractivity contribution in [1.82, 2.24) is 10.3 Å². The van der Waals surface area contributed by atoms with Crippen LogP contribution in [0.1, 0.15) is 34.3 Å². The fraction of sp³-hybridized carbons (Fsp3) is 0.231. The first-order valence-corrected chi connectivity index (χ1v) is 11.7. The third kappa shape index (κ3) is 3.38. The molecule has 0 bridgehead atoms. The molecule has 1 aromatic heterocycles. The molecule has 4 nitrogen and oxygen atoms in total. The number of methoxy groups -OCH3 is 2. The van der Waals surface area contributed by atoms with Crippen LogP contribution in [0.4, 0.5) is 0 Å². The molecule has 0 saturated carbocycles. The standard InChI is InChI=1S/C26H26N2O2S/c1-29-22-10-6-8-18(26(22)30-2)20-15-27-24(16-11-13-17(31-3)14-12-16)25-23(20)19-7-4-5-9-21(19)28-25/h4-14,20,24,27-28H,15H2,1-3H3/t20-,24+/m1/s1. The zero-order chi connectivity index (χ0) is 21.4. The van der Waals surface area contributed by atoms with Gasteiger partial charge in [0.05, 0.1) is 20.3 Å². The average molecular weight is 431 g/mol. The molecule has 0 radical (unpaired) electrons. The van der Waals surface area contributed by atoms with Crippen LogP contribution < -0.4 is 14.8 Å². The summed E-state index contributed by atoms with van der Waals surface area (Å²) in [6.45, 7) is 0.813. The van der Waals surface area contributed by atoms with E-state index >= 15 is 0 Å². The maximum absolute atomic E-state index is 5.80. The van der Waals surface area contributed by atoms with Crippen molar-refractivity contribution in [2.24, 2.45) is 0 Å². The molecule has 31 heavy (non-hydrogen) atoms. The molecule has 1 aliphatic rings. The summed E-state index contributed by atoms with van der Waals surface area (Å²) in [5, 5.41) is 5.06. The largest absolute Gasteiger partial charge is 0.493 e. The molecule has 2 atom stereocenters. The van der Waals surface area contributed by atoms with Crippen LogP contribution in [0.15, 0.2) is 71.6 Å². The quantitative estimate of drug-likeness (QED) is 0.397. The zero-order valence-corrected chi connectivity index (χ0v) is 18.8. The summed E-state index contributed by atoms with van der Waals surface area (Å²) >= 11 is 1.76. The van der Waals surface area contributed by atoms with Crippen LogP contribution in [-0.4, -0.2) is 32.0 Å². The Kier molecular flexibility index (Phi) is 5.38. The molecule has 1 aliphatic heterocycles. The molecule has 5 rings (SSSR count). The molecule has 0 saturated heterocycles. The second kappa shape index (κ2) is 8.33. The maximum Gasteiger partial charge on any atom is 0.164 e. The summed E-state index contributed by atoms with van der Waals surface area (Å²) in [4.78, 5) is 4.99. The van der Waals surface area contributed by atoms with E-state index in [0.717, 1.165) is 29.1 Å². The predicted molar refractivity (Wildman–Crippen MR) is 128 cm³/mol. The number of thioether (sulfide) groups is 1. The van der Waals surface area contributed by atoms with Crippen molar-refractivity contribution < 1.29 is 9.47 Å². The predicted octanol–water partition coefficient (Wildman–Crippen LogP) is 5.73. The van der Waals surface area contributed by atoms with Crippen molar-refractivity contribution in [3.8, 4) is 11.5 Å². The van der Waals surface area contributed by atoms with Gasteiger partial charge >= 0.3 is 0 Å². The summed E-state index contributed by atoms with van der Waals surface area (Å²) in [6.07, 6.45) is 2.11. The third-order valence-corrected chi connectivity index (χ3v) is 6.94. The van der Waals surface area contributed by atoms with E-state index in [2.05, 4.69) is 71.2 Å². The van der Waals surface area contributed by atoms with Gasteiger partial charge in [0.1, 0.15) is 0 Å². The van der Waals surface area contributed by atoms with Gasteiger partial charge < -0.3 is 19.8 Å². The van der Waals surface area contributed by atoms with Crippen LogP contribution in [0.2, 0.25) is 0 Å². The normalized spacial score (nSPS) is 18.0. The minimum absolute atomic E-state index is 0.117. The van der Waals surface area contributed by atoms with Crippen LogP contribution in [0, 0.1) is 0 Å². The van der Waals surface area contributed by atoms with Crippen LogP contribution in [0.3, 0.4) is 0 Å². The molecule has 2 heterocycles. The molecule has 0 fully saturated rings. The number of aromatic nitrogens is 1. The topological polar surface area (TPSA) is 46.3 Å². The van der Waals surface area contributed by atoms with E-state index in [4.69, 9.17) is 9.47 Å². The highest BCUT2D eigenvalue weighted by atomic mass is 32.2. The maximum atomic E-state index is 5.80. The number of aromatic amines is 1. The Labute approximate surface area is 187 Å². The lowest BCUT2D eigenvalue weighted by atomic mass is 9.82. The first-order valence-electron chi connectivity index (χ1n) is 10.4. The first kappa shape index (κ1) is 20.0. The molecular weight excluding hydrogens is 404 g/mol. The molecular formula is C26H26N2O2S. The van der Waals surface area contributed by atoms with E-state index in [0.29, 0.717) is 0 Å². The summed E-state index contributed by atoms with van der Waals surface area (Å²) in [5.74, 6) is 1.71. The van der Waals surface area contributed by atoms with Crippen molar-refractivity contribution in [1.29, 1.82) is 0 Å². The van der Waals surface area contributed by atoms with Crippen LogP contribution in [0.5, 0.6) is 11.5 Å². The number of fused-ring (bicyclic) bond motifs is 3. The van der Waals surface area contributed by atoms with Gasteiger partial charge in [-0.1, -0.05) is 42.5 Å². The number of hydrogen-bond acceptors (Lipinski definition) is 4. The van der Waals surface area contributed by atoms with Gasteiger partial charge in [-0.3, -0.25) is 0 Å². The Morgan fingerprint density at radius 1 is 0.903 bits per heavy atom. The van der Waals surface area contributed by atoms with Gasteiger partial charge in [-0.25, -0.2) is 0 Å². The fourth-order valence-corrected chi connectivity index (χ4v) is 5.17. The summed E-state index contributed by atoms with van der Waals surface area (Å²) in [6, 6.07) is 23.7. The second-order valence-corrected chi connectivity index (χ2v) is 8.63. The molecule has 3 aromatic carbocycles. The first-order chi connectivity index (χ1) is 15.2. The highest BCUT2D eigenvalue weighted by Gasteiger charge is 2.34. The molecule has 158 valence electrons. The molecule has 0 amide bonds. The Balaban J connectivity index is 1.68. The molecule has 4 aromatic rings. The Morgan fingerprint density at radius 3 is 2.45 bits per heavy atom. The fourth-order valence-electron chi connectivity index (χ4n) is 4.76. The number of rotatable bonds is 5. The Morgan fingerprint density at radius 2 is 1.71 bits per heavy atom. The van der Waals surface area contributed by atoms with E-state index in [1.165, 1.54) is 27.1 Å². The number of benzene rings is 3. The minimum Gasteiger partial charge on any atom is -0.493 e. The summed E-state index contributed by atoms with van der Waals surface area (Å²) < 4.78 is 11.4. The zero-order valence-electron chi connectivity index (χ0n) is 17.9. The highest BCUT2D eigenvalue weighted by molar-refractivity contribution is 7.98. The van der Waals surface area contributed by atoms with E-state index in [-0.39, 0.29) is 12.0 Å². The molecule has 0 aliphatic carbocycles. The van der Waals surface area contributed by atoms with Crippen molar-refractivity contribution in [2.75, 3.05) is 27.0 Å². The number of ether oxygens (including phenoxy) is 2. The number of H-pyrrole nitrogens is 1. The molecule has 0 unspecified atom stereocenters. The van der Waals surface area contributed by atoms with Crippen molar-refractivity contribution in [3.63, 3.8) is 0 Å². The van der Waals surface area contributed by atoms with E-state index in [1.807, 2.05) is 12.1 Å². The molecule has 0 spiro atoms. The third-order valence-electron chi connectivity index (χ3n) is 6.20. The van der Waals surface area contributed by atoms with Crippen LogP contribution in [-0.2, 0) is 0 Å². The summed E-state index contributed by atoms with van der Waals surface area (Å²) in [7, 11) is 3.40. The minimum atomic E-state index is 0.117. The van der Waals surface area contributed by atoms with Gasteiger partial charge in [0.25, 0.3) is 0 Å². The van der Waals surface area contributed by atoms with Gasteiger partial charge in [-0.15, -0.1) is 11.8 Å². The second-order valence-electron chi connectivity index (χ2n) is 7.75. The SMILES string of the molecule is COc1cccc([C@H]2CN[C@@H](c3ccc(SC)cc3)c3[nH]c4ccccc4c32)c1OC. The van der Waals surface area contributed by atoms with Crippen molar-refractivity contribution in [2.45, 2.75) is 16.9 Å². The van der Waals surface area contributed by atoms with Gasteiger partial charge in [0.15, 0.2) is 11.5 Å². The number of hydrogen-bond donors (Lipinski definition) is 2. The highest BCUT2D eigenvalue weighted by Crippen LogP contribution is 2.45. The van der Waals surface area contributed by atoms with Crippen LogP contribution >= 0.6 is 11.8 Å². The Hall–Kier alpha value is -2.89. The van der Waals surface area contributed by atoms with Crippen molar-refractivity contribution in [3.05, 3.63) is 89.1 Å². The van der Waals surface area contributed by atoms with Gasteiger partial charge in [-0.2, -0.15) is 0 Å². The molecule has 5 heteroatoms.